The fourth-order valence-corrected chi connectivity index (χ4v) is 1.40. The smallest absolute Gasteiger partial charge is 0.331 e. The maximum atomic E-state index is 11.8. The number of amides is 1. The predicted molar refractivity (Wildman–Crippen MR) is 75.4 cm³/mol. The standard InChI is InChI=1S/C14H18N2O3/c1-9(10(2)14(18)19)13(17)15-11-5-7-12(8-6-11)16(3)4/h5-8H,1-4H3,(H,15,17)(H,18,19)/b10-9-. The first-order valence-electron chi connectivity index (χ1n) is 5.82. The molecule has 1 aromatic rings. The molecule has 0 bridgehead atoms. The van der Waals surface area contributed by atoms with Crippen LogP contribution in [0.2, 0.25) is 0 Å². The molecule has 19 heavy (non-hydrogen) atoms. The van der Waals surface area contributed by atoms with Gasteiger partial charge in [0, 0.05) is 36.6 Å². The zero-order chi connectivity index (χ0) is 14.6. The van der Waals surface area contributed by atoms with Gasteiger partial charge in [-0.1, -0.05) is 0 Å². The molecular weight excluding hydrogens is 244 g/mol. The molecule has 5 nitrogen and oxygen atoms in total. The summed E-state index contributed by atoms with van der Waals surface area (Å²) in [7, 11) is 3.85. The summed E-state index contributed by atoms with van der Waals surface area (Å²) in [6.45, 7) is 2.90. The molecule has 5 heteroatoms. The first-order chi connectivity index (χ1) is 8.82. The molecule has 0 aromatic heterocycles. The van der Waals surface area contributed by atoms with Crippen molar-refractivity contribution in [2.24, 2.45) is 0 Å². The van der Waals surface area contributed by atoms with Gasteiger partial charge in [-0.2, -0.15) is 0 Å². The number of carbonyl (C=O) groups excluding carboxylic acids is 1. The zero-order valence-corrected chi connectivity index (χ0v) is 11.5. The molecule has 0 aliphatic carbocycles. The highest BCUT2D eigenvalue weighted by molar-refractivity contribution is 6.08. The van der Waals surface area contributed by atoms with Gasteiger partial charge in [0.1, 0.15) is 0 Å². The number of aliphatic carboxylic acids is 1. The molecule has 2 N–H and O–H groups in total. The number of carboxylic acids is 1. The molecule has 0 unspecified atom stereocenters. The minimum atomic E-state index is -1.09. The lowest BCUT2D eigenvalue weighted by Crippen LogP contribution is -2.16. The van der Waals surface area contributed by atoms with Crippen LogP contribution in [0.1, 0.15) is 13.8 Å². The minimum absolute atomic E-state index is 0.0439. The van der Waals surface area contributed by atoms with Gasteiger partial charge >= 0.3 is 5.97 Å². The fourth-order valence-electron chi connectivity index (χ4n) is 1.40. The number of rotatable bonds is 4. The average molecular weight is 262 g/mol. The van der Waals surface area contributed by atoms with E-state index in [0.717, 1.165) is 5.69 Å². The van der Waals surface area contributed by atoms with Crippen LogP contribution in [-0.2, 0) is 9.59 Å². The monoisotopic (exact) mass is 262 g/mol. The summed E-state index contributed by atoms with van der Waals surface area (Å²) in [4.78, 5) is 24.6. The van der Waals surface area contributed by atoms with E-state index >= 15 is 0 Å². The van der Waals surface area contributed by atoms with E-state index in [1.54, 1.807) is 12.1 Å². The summed E-state index contributed by atoms with van der Waals surface area (Å²) in [6, 6.07) is 7.30. The summed E-state index contributed by atoms with van der Waals surface area (Å²) in [5.74, 6) is -1.49. The average Bonchev–Trinajstić information content (AvgIpc) is 2.37. The van der Waals surface area contributed by atoms with Gasteiger partial charge in [0.25, 0.3) is 5.91 Å². The molecule has 0 aliphatic rings. The molecule has 0 fully saturated rings. The molecular formula is C14H18N2O3. The fraction of sp³-hybridized carbons (Fsp3) is 0.286. The van der Waals surface area contributed by atoms with E-state index in [1.807, 2.05) is 31.1 Å². The Bertz CT molecular complexity index is 516. The first-order valence-corrected chi connectivity index (χ1v) is 5.82. The molecule has 0 aliphatic heterocycles. The Morgan fingerprint density at radius 2 is 1.58 bits per heavy atom. The number of anilines is 2. The highest BCUT2D eigenvalue weighted by Crippen LogP contribution is 2.16. The molecule has 1 aromatic carbocycles. The molecule has 0 saturated carbocycles. The van der Waals surface area contributed by atoms with Gasteiger partial charge in [0.2, 0.25) is 0 Å². The van der Waals surface area contributed by atoms with Crippen molar-refractivity contribution in [3.05, 3.63) is 35.4 Å². The van der Waals surface area contributed by atoms with Crippen molar-refractivity contribution in [3.63, 3.8) is 0 Å². The van der Waals surface area contributed by atoms with Crippen LogP contribution in [0, 0.1) is 0 Å². The molecule has 102 valence electrons. The van der Waals surface area contributed by atoms with E-state index < -0.39 is 11.9 Å². The van der Waals surface area contributed by atoms with Crippen LogP contribution < -0.4 is 10.2 Å². The van der Waals surface area contributed by atoms with Gasteiger partial charge in [-0.15, -0.1) is 0 Å². The van der Waals surface area contributed by atoms with Crippen molar-refractivity contribution in [2.45, 2.75) is 13.8 Å². The molecule has 1 rings (SSSR count). The van der Waals surface area contributed by atoms with Crippen LogP contribution in [0.25, 0.3) is 0 Å². The number of hydrogen-bond acceptors (Lipinski definition) is 3. The van der Waals surface area contributed by atoms with Crippen molar-refractivity contribution < 1.29 is 14.7 Å². The second kappa shape index (κ2) is 6.04. The Morgan fingerprint density at radius 3 is 2.00 bits per heavy atom. The number of carboxylic acid groups (broad SMARTS) is 1. The Balaban J connectivity index is 2.83. The van der Waals surface area contributed by atoms with Gasteiger partial charge in [-0.3, -0.25) is 4.79 Å². The maximum Gasteiger partial charge on any atom is 0.331 e. The number of carbonyl (C=O) groups is 2. The number of nitrogens with zero attached hydrogens (tertiary/aromatic N) is 1. The lowest BCUT2D eigenvalue weighted by atomic mass is 10.1. The largest absolute Gasteiger partial charge is 0.478 e. The molecule has 0 spiro atoms. The Hall–Kier alpha value is -2.30. The van der Waals surface area contributed by atoms with Crippen LogP contribution in [0.4, 0.5) is 11.4 Å². The van der Waals surface area contributed by atoms with Crippen molar-refractivity contribution in [2.75, 3.05) is 24.3 Å². The third kappa shape index (κ3) is 3.84. The van der Waals surface area contributed by atoms with Gasteiger partial charge in [-0.05, 0) is 38.1 Å². The third-order valence-electron chi connectivity index (χ3n) is 2.87. The first kappa shape index (κ1) is 14.8. The summed E-state index contributed by atoms with van der Waals surface area (Å²) in [6.07, 6.45) is 0. The lowest BCUT2D eigenvalue weighted by molar-refractivity contribution is -0.133. The zero-order valence-electron chi connectivity index (χ0n) is 11.5. The number of nitrogens with one attached hydrogen (secondary N) is 1. The van der Waals surface area contributed by atoms with Crippen molar-refractivity contribution in [3.8, 4) is 0 Å². The molecule has 0 radical (unpaired) electrons. The van der Waals surface area contributed by atoms with Crippen molar-refractivity contribution >= 4 is 23.3 Å². The number of benzene rings is 1. The van der Waals surface area contributed by atoms with E-state index in [0.29, 0.717) is 5.69 Å². The van der Waals surface area contributed by atoms with Gasteiger partial charge in [0.05, 0.1) is 0 Å². The minimum Gasteiger partial charge on any atom is -0.478 e. The second-order valence-electron chi connectivity index (χ2n) is 4.45. The SMILES string of the molecule is C/C(C(=O)O)=C(\C)C(=O)Nc1ccc(N(C)C)cc1. The van der Waals surface area contributed by atoms with Crippen molar-refractivity contribution in [1.29, 1.82) is 0 Å². The van der Waals surface area contributed by atoms with Crippen LogP contribution in [-0.4, -0.2) is 31.1 Å². The highest BCUT2D eigenvalue weighted by atomic mass is 16.4. The van der Waals surface area contributed by atoms with Crippen LogP contribution in [0.5, 0.6) is 0 Å². The van der Waals surface area contributed by atoms with Crippen molar-refractivity contribution in [1.82, 2.24) is 0 Å². The van der Waals surface area contributed by atoms with Gasteiger partial charge in [-0.25, -0.2) is 4.79 Å². The normalized spacial score (nSPS) is 11.6. The molecule has 1 amide bonds. The highest BCUT2D eigenvalue weighted by Gasteiger charge is 2.12. The topological polar surface area (TPSA) is 69.6 Å². The van der Waals surface area contributed by atoms with E-state index in [1.165, 1.54) is 13.8 Å². The summed E-state index contributed by atoms with van der Waals surface area (Å²) < 4.78 is 0. The van der Waals surface area contributed by atoms with E-state index in [4.69, 9.17) is 5.11 Å². The molecule has 0 atom stereocenters. The lowest BCUT2D eigenvalue weighted by Gasteiger charge is -2.13. The summed E-state index contributed by atoms with van der Waals surface area (Å²) >= 11 is 0. The van der Waals surface area contributed by atoms with E-state index in [-0.39, 0.29) is 11.1 Å². The summed E-state index contributed by atoms with van der Waals surface area (Å²) in [5, 5.41) is 11.5. The van der Waals surface area contributed by atoms with Gasteiger partial charge in [0.15, 0.2) is 0 Å². The second-order valence-corrected chi connectivity index (χ2v) is 4.45. The van der Waals surface area contributed by atoms with Crippen LogP contribution in [0.3, 0.4) is 0 Å². The Labute approximate surface area is 112 Å². The third-order valence-corrected chi connectivity index (χ3v) is 2.87. The van der Waals surface area contributed by atoms with E-state index in [9.17, 15) is 9.59 Å². The quantitative estimate of drug-likeness (QED) is 0.815. The van der Waals surface area contributed by atoms with E-state index in [2.05, 4.69) is 5.32 Å². The predicted octanol–water partition coefficient (Wildman–Crippen LogP) is 2.11. The molecule has 0 heterocycles. The summed E-state index contributed by atoms with van der Waals surface area (Å²) in [5.41, 5.74) is 1.90. The Morgan fingerprint density at radius 1 is 1.05 bits per heavy atom. The van der Waals surface area contributed by atoms with Crippen LogP contribution >= 0.6 is 0 Å². The maximum absolute atomic E-state index is 11.8. The Kier molecular flexibility index (Phi) is 4.69. The molecule has 0 saturated heterocycles. The van der Waals surface area contributed by atoms with Crippen LogP contribution in [0.15, 0.2) is 35.4 Å². The number of hydrogen-bond donors (Lipinski definition) is 2. The van der Waals surface area contributed by atoms with Gasteiger partial charge < -0.3 is 15.3 Å².